The number of benzene rings is 2. The molecule has 0 aliphatic carbocycles. The molecule has 12 heteroatoms. The van der Waals surface area contributed by atoms with Crippen LogP contribution in [0.4, 0.5) is 26.3 Å². The van der Waals surface area contributed by atoms with Gasteiger partial charge in [0.05, 0.1) is 31.0 Å². The SMILES string of the molecule is COC(=O)c1c(-c2cc(C(F)(F)F)ccc2C(F)(F)F)nn(-c2ccccc2)c1C(=O)OC. The normalized spacial score (nSPS) is 11.9. The van der Waals surface area contributed by atoms with E-state index in [0.717, 1.165) is 18.9 Å². The molecular formula is C21H14F6N2O4. The average Bonchev–Trinajstić information content (AvgIpc) is 3.17. The van der Waals surface area contributed by atoms with Gasteiger partial charge in [0.25, 0.3) is 0 Å². The number of halogens is 6. The van der Waals surface area contributed by atoms with Crippen molar-refractivity contribution in [2.45, 2.75) is 12.4 Å². The van der Waals surface area contributed by atoms with Crippen LogP contribution >= 0.6 is 0 Å². The first-order valence-electron chi connectivity index (χ1n) is 9.04. The van der Waals surface area contributed by atoms with Crippen LogP contribution in [0, 0.1) is 0 Å². The van der Waals surface area contributed by atoms with Crippen LogP contribution in [-0.2, 0) is 21.8 Å². The van der Waals surface area contributed by atoms with E-state index in [2.05, 4.69) is 14.6 Å². The van der Waals surface area contributed by atoms with E-state index in [9.17, 15) is 35.9 Å². The van der Waals surface area contributed by atoms with Gasteiger partial charge in [-0.15, -0.1) is 0 Å². The Morgan fingerprint density at radius 1 is 0.848 bits per heavy atom. The number of nitrogens with zero attached hydrogens (tertiary/aromatic N) is 2. The third-order valence-electron chi connectivity index (χ3n) is 4.56. The molecule has 0 aliphatic heterocycles. The minimum atomic E-state index is -5.10. The largest absolute Gasteiger partial charge is 0.465 e. The maximum atomic E-state index is 13.7. The Balaban J connectivity index is 2.48. The number of methoxy groups -OCH3 is 2. The zero-order valence-corrected chi connectivity index (χ0v) is 16.9. The minimum absolute atomic E-state index is 0.134. The van der Waals surface area contributed by atoms with E-state index in [1.54, 1.807) is 6.07 Å². The van der Waals surface area contributed by atoms with Crippen molar-refractivity contribution in [1.82, 2.24) is 9.78 Å². The summed E-state index contributed by atoms with van der Waals surface area (Å²) in [6.07, 6.45) is -10.1. The smallest absolute Gasteiger partial charge is 0.417 e. The number of hydrogen-bond acceptors (Lipinski definition) is 5. The zero-order valence-electron chi connectivity index (χ0n) is 16.9. The van der Waals surface area contributed by atoms with Gasteiger partial charge in [-0.25, -0.2) is 14.3 Å². The molecule has 3 rings (SSSR count). The highest BCUT2D eigenvalue weighted by atomic mass is 19.4. The number of aromatic nitrogens is 2. The number of para-hydroxylation sites is 1. The Bertz CT molecular complexity index is 1200. The van der Waals surface area contributed by atoms with Gasteiger partial charge in [-0.2, -0.15) is 31.4 Å². The summed E-state index contributed by atoms with van der Waals surface area (Å²) >= 11 is 0. The van der Waals surface area contributed by atoms with Crippen LogP contribution in [0.25, 0.3) is 16.9 Å². The average molecular weight is 472 g/mol. The summed E-state index contributed by atoms with van der Waals surface area (Å²) in [5.41, 5.74) is -6.05. The van der Waals surface area contributed by atoms with Crippen LogP contribution in [0.15, 0.2) is 48.5 Å². The van der Waals surface area contributed by atoms with Crippen molar-refractivity contribution < 1.29 is 45.4 Å². The summed E-state index contributed by atoms with van der Waals surface area (Å²) in [7, 11) is 1.85. The lowest BCUT2D eigenvalue weighted by molar-refractivity contribution is -0.141. The fraction of sp³-hybridized carbons (Fsp3) is 0.190. The molecule has 33 heavy (non-hydrogen) atoms. The fourth-order valence-corrected chi connectivity index (χ4v) is 3.11. The van der Waals surface area contributed by atoms with Gasteiger partial charge in [-0.1, -0.05) is 18.2 Å². The minimum Gasteiger partial charge on any atom is -0.465 e. The molecule has 0 N–H and O–H groups in total. The van der Waals surface area contributed by atoms with E-state index in [1.165, 1.54) is 24.3 Å². The Morgan fingerprint density at radius 2 is 1.45 bits per heavy atom. The summed E-state index contributed by atoms with van der Waals surface area (Å²) in [6, 6.07) is 8.18. The van der Waals surface area contributed by atoms with Gasteiger partial charge in [-0.3, -0.25) is 0 Å². The number of carbonyl (C=O) groups is 2. The molecule has 2 aromatic carbocycles. The topological polar surface area (TPSA) is 70.4 Å². The van der Waals surface area contributed by atoms with Gasteiger partial charge < -0.3 is 9.47 Å². The van der Waals surface area contributed by atoms with Crippen molar-refractivity contribution >= 4 is 11.9 Å². The highest BCUT2D eigenvalue weighted by Gasteiger charge is 2.40. The molecule has 0 saturated carbocycles. The number of rotatable bonds is 4. The number of esters is 2. The van der Waals surface area contributed by atoms with Gasteiger partial charge >= 0.3 is 24.3 Å². The standard InChI is InChI=1S/C21H14F6N2O4/c1-32-18(30)15-16(13-10-11(20(22,23)24)8-9-14(13)21(25,26)27)28-29(17(15)19(31)33-2)12-6-4-3-5-7-12/h3-10H,1-2H3. The summed E-state index contributed by atoms with van der Waals surface area (Å²) in [5, 5.41) is 3.93. The Morgan fingerprint density at radius 3 is 1.97 bits per heavy atom. The van der Waals surface area contributed by atoms with Crippen LogP contribution in [-0.4, -0.2) is 35.9 Å². The summed E-state index contributed by atoms with van der Waals surface area (Å²) in [4.78, 5) is 25.1. The molecule has 0 unspecified atom stereocenters. The quantitative estimate of drug-likeness (QED) is 0.388. The van der Waals surface area contributed by atoms with Crippen LogP contribution in [0.1, 0.15) is 32.0 Å². The van der Waals surface area contributed by atoms with Crippen LogP contribution < -0.4 is 0 Å². The Kier molecular flexibility index (Phi) is 6.21. The van der Waals surface area contributed by atoms with E-state index in [-0.39, 0.29) is 23.9 Å². The molecule has 0 atom stereocenters. The molecule has 1 heterocycles. The zero-order chi connectivity index (χ0) is 24.6. The van der Waals surface area contributed by atoms with E-state index >= 15 is 0 Å². The van der Waals surface area contributed by atoms with Gasteiger partial charge in [0.2, 0.25) is 0 Å². The second-order valence-electron chi connectivity index (χ2n) is 6.56. The molecule has 0 fully saturated rings. The van der Waals surface area contributed by atoms with Gasteiger partial charge in [0.1, 0.15) is 11.3 Å². The number of carbonyl (C=O) groups excluding carboxylic acids is 2. The number of ether oxygens (including phenoxy) is 2. The van der Waals surface area contributed by atoms with Crippen LogP contribution in [0.5, 0.6) is 0 Å². The van der Waals surface area contributed by atoms with E-state index in [4.69, 9.17) is 0 Å². The van der Waals surface area contributed by atoms with Gasteiger partial charge in [0.15, 0.2) is 5.69 Å². The molecule has 0 spiro atoms. The van der Waals surface area contributed by atoms with Gasteiger partial charge in [0, 0.05) is 5.56 Å². The Hall–Kier alpha value is -3.83. The maximum absolute atomic E-state index is 13.7. The predicted octanol–water partition coefficient (Wildman–Crippen LogP) is 5.15. The van der Waals surface area contributed by atoms with Crippen LogP contribution in [0.2, 0.25) is 0 Å². The molecule has 0 aliphatic rings. The maximum Gasteiger partial charge on any atom is 0.417 e. The van der Waals surface area contributed by atoms with Crippen molar-refractivity contribution in [3.8, 4) is 16.9 Å². The second-order valence-corrected chi connectivity index (χ2v) is 6.56. The lowest BCUT2D eigenvalue weighted by Crippen LogP contribution is -2.16. The van der Waals surface area contributed by atoms with Crippen LogP contribution in [0.3, 0.4) is 0 Å². The van der Waals surface area contributed by atoms with E-state index in [1.807, 2.05) is 0 Å². The van der Waals surface area contributed by atoms with Crippen molar-refractivity contribution in [2.75, 3.05) is 14.2 Å². The highest BCUT2D eigenvalue weighted by Crippen LogP contribution is 2.42. The lowest BCUT2D eigenvalue weighted by atomic mass is 9.97. The number of alkyl halides is 6. The molecule has 0 amide bonds. The molecule has 174 valence electrons. The van der Waals surface area contributed by atoms with Crippen molar-refractivity contribution in [1.29, 1.82) is 0 Å². The lowest BCUT2D eigenvalue weighted by Gasteiger charge is -2.15. The fourth-order valence-electron chi connectivity index (χ4n) is 3.11. The molecule has 0 bridgehead atoms. The first-order chi connectivity index (χ1) is 15.4. The monoisotopic (exact) mass is 472 g/mol. The highest BCUT2D eigenvalue weighted by molar-refractivity contribution is 6.07. The van der Waals surface area contributed by atoms with E-state index < -0.39 is 57.9 Å². The second kappa shape index (κ2) is 8.60. The van der Waals surface area contributed by atoms with Crippen molar-refractivity contribution in [2.24, 2.45) is 0 Å². The summed E-state index contributed by atoms with van der Waals surface area (Å²) in [5.74, 6) is -2.46. The van der Waals surface area contributed by atoms with Gasteiger partial charge in [-0.05, 0) is 30.3 Å². The summed E-state index contributed by atoms with van der Waals surface area (Å²) < 4.78 is 91.1. The predicted molar refractivity (Wildman–Crippen MR) is 102 cm³/mol. The van der Waals surface area contributed by atoms with E-state index in [0.29, 0.717) is 0 Å². The Labute approximate surface area is 182 Å². The first-order valence-corrected chi connectivity index (χ1v) is 9.04. The summed E-state index contributed by atoms with van der Waals surface area (Å²) in [6.45, 7) is 0. The third kappa shape index (κ3) is 4.54. The van der Waals surface area contributed by atoms with Crippen molar-refractivity contribution in [3.05, 3.63) is 70.9 Å². The molecular weight excluding hydrogens is 458 g/mol. The molecule has 3 aromatic rings. The molecule has 0 radical (unpaired) electrons. The first kappa shape index (κ1) is 23.8. The van der Waals surface area contributed by atoms with Crippen molar-refractivity contribution in [3.63, 3.8) is 0 Å². The number of hydrogen-bond donors (Lipinski definition) is 0. The third-order valence-corrected chi connectivity index (χ3v) is 4.56. The molecule has 0 saturated heterocycles. The molecule has 1 aromatic heterocycles. The molecule has 6 nitrogen and oxygen atoms in total.